The molecule has 1 N–H and O–H groups in total. The lowest BCUT2D eigenvalue weighted by Crippen LogP contribution is -2.47. The smallest absolute Gasteiger partial charge is 0.243 e. The summed E-state index contributed by atoms with van der Waals surface area (Å²) in [6.45, 7) is 2.47. The van der Waals surface area contributed by atoms with Crippen LogP contribution in [0.25, 0.3) is 11.3 Å². The molecular formula is C32H31ClF2N6O3S. The molecule has 13 heteroatoms. The van der Waals surface area contributed by atoms with E-state index in [2.05, 4.69) is 5.32 Å². The lowest BCUT2D eigenvalue weighted by Gasteiger charge is -2.36. The van der Waals surface area contributed by atoms with Gasteiger partial charge in [0.25, 0.3) is 0 Å². The average molecular weight is 653 g/mol. The van der Waals surface area contributed by atoms with Crippen LogP contribution in [0, 0.1) is 11.6 Å². The maximum absolute atomic E-state index is 14.4. The van der Waals surface area contributed by atoms with Crippen molar-refractivity contribution in [2.75, 3.05) is 42.5 Å². The molecular weight excluding hydrogens is 622 g/mol. The van der Waals surface area contributed by atoms with Crippen LogP contribution in [0.2, 0.25) is 5.02 Å². The fraction of sp³-hybridized carbons (Fsp3) is 0.281. The van der Waals surface area contributed by atoms with Gasteiger partial charge in [-0.25, -0.2) is 27.2 Å². The summed E-state index contributed by atoms with van der Waals surface area (Å²) in [5.41, 5.74) is 2.48. The summed E-state index contributed by atoms with van der Waals surface area (Å²) in [6.07, 6.45) is 0.884. The van der Waals surface area contributed by atoms with Crippen LogP contribution in [0.4, 0.5) is 20.4 Å². The van der Waals surface area contributed by atoms with E-state index < -0.39 is 27.8 Å². The number of benzene rings is 3. The standard InChI is InChI=1S/C32H31ClF2N6O3S/c33-23-6-3-5-22(19-23)28-20-25(37-32(38-28)40-17-15-39(16-18-40)29-8-2-1-7-27(29)35)21-36-31(42)30-9-4-14-41(30)45(43,44)26-12-10-24(34)11-13-26/h1-3,5-8,10-13,19-20,30H,4,9,14-18,21H2,(H,36,42)/t30-/m0/s1. The van der Waals surface area contributed by atoms with Gasteiger partial charge in [-0.15, -0.1) is 0 Å². The summed E-state index contributed by atoms with van der Waals surface area (Å²) in [7, 11) is -3.99. The highest BCUT2D eigenvalue weighted by Crippen LogP contribution is 2.28. The van der Waals surface area contributed by atoms with Gasteiger partial charge in [0.2, 0.25) is 21.9 Å². The molecule has 234 valence electrons. The zero-order valence-corrected chi connectivity index (χ0v) is 25.8. The van der Waals surface area contributed by atoms with E-state index in [1.54, 1.807) is 30.3 Å². The molecule has 1 amide bonds. The Bertz CT molecular complexity index is 1800. The number of piperazine rings is 1. The van der Waals surface area contributed by atoms with Crippen molar-refractivity contribution >= 4 is 39.2 Å². The molecule has 1 atom stereocenters. The molecule has 0 bridgehead atoms. The van der Waals surface area contributed by atoms with Crippen LogP contribution in [0.1, 0.15) is 18.5 Å². The van der Waals surface area contributed by atoms with E-state index in [1.165, 1.54) is 22.5 Å². The van der Waals surface area contributed by atoms with E-state index in [1.807, 2.05) is 28.0 Å². The van der Waals surface area contributed by atoms with Gasteiger partial charge in [0, 0.05) is 43.3 Å². The second-order valence-corrected chi connectivity index (χ2v) is 13.3. The second-order valence-electron chi connectivity index (χ2n) is 10.9. The first-order valence-electron chi connectivity index (χ1n) is 14.6. The van der Waals surface area contributed by atoms with Gasteiger partial charge in [-0.2, -0.15) is 4.31 Å². The Morgan fingerprint density at radius 1 is 0.889 bits per heavy atom. The summed E-state index contributed by atoms with van der Waals surface area (Å²) in [6, 6.07) is 19.4. The molecule has 4 aromatic rings. The monoisotopic (exact) mass is 652 g/mol. The first kappa shape index (κ1) is 30.9. The Balaban J connectivity index is 1.20. The summed E-state index contributed by atoms with van der Waals surface area (Å²) in [5.74, 6) is -0.792. The van der Waals surface area contributed by atoms with Crippen molar-refractivity contribution < 1.29 is 22.0 Å². The van der Waals surface area contributed by atoms with Crippen molar-refractivity contribution in [1.82, 2.24) is 19.6 Å². The number of amides is 1. The fourth-order valence-electron chi connectivity index (χ4n) is 5.69. The molecule has 2 saturated heterocycles. The SMILES string of the molecule is O=C(NCc1cc(-c2cccc(Cl)c2)nc(N2CCN(c3ccccc3F)CC2)n1)[C@@H]1CCCN1S(=O)(=O)c1ccc(F)cc1. The van der Waals surface area contributed by atoms with E-state index in [4.69, 9.17) is 21.6 Å². The van der Waals surface area contributed by atoms with Crippen molar-refractivity contribution in [3.63, 3.8) is 0 Å². The Kier molecular flexibility index (Phi) is 8.97. The number of nitrogens with one attached hydrogen (secondary N) is 1. The van der Waals surface area contributed by atoms with Gasteiger partial charge >= 0.3 is 0 Å². The lowest BCUT2D eigenvalue weighted by molar-refractivity contribution is -0.124. The molecule has 0 saturated carbocycles. The van der Waals surface area contributed by atoms with Gasteiger partial charge in [-0.3, -0.25) is 4.79 Å². The van der Waals surface area contributed by atoms with E-state index in [9.17, 15) is 22.0 Å². The van der Waals surface area contributed by atoms with Crippen LogP contribution < -0.4 is 15.1 Å². The third-order valence-electron chi connectivity index (χ3n) is 8.01. The van der Waals surface area contributed by atoms with E-state index in [0.29, 0.717) is 67.1 Å². The van der Waals surface area contributed by atoms with Gasteiger partial charge in [0.05, 0.1) is 28.5 Å². The molecule has 45 heavy (non-hydrogen) atoms. The minimum Gasteiger partial charge on any atom is -0.366 e. The number of nitrogens with zero attached hydrogens (tertiary/aromatic N) is 5. The molecule has 3 heterocycles. The number of aromatic nitrogens is 2. The van der Waals surface area contributed by atoms with Gasteiger partial charge in [-0.1, -0.05) is 35.9 Å². The number of rotatable bonds is 8. The minimum atomic E-state index is -3.99. The van der Waals surface area contributed by atoms with Gasteiger partial charge in [0.15, 0.2) is 0 Å². The fourth-order valence-corrected chi connectivity index (χ4v) is 7.54. The van der Waals surface area contributed by atoms with E-state index >= 15 is 0 Å². The number of sulfonamides is 1. The van der Waals surface area contributed by atoms with Crippen molar-refractivity contribution in [2.45, 2.75) is 30.3 Å². The summed E-state index contributed by atoms with van der Waals surface area (Å²) in [5, 5.41) is 3.41. The highest BCUT2D eigenvalue weighted by Gasteiger charge is 2.39. The number of para-hydroxylation sites is 1. The predicted molar refractivity (Wildman–Crippen MR) is 168 cm³/mol. The van der Waals surface area contributed by atoms with Crippen molar-refractivity contribution in [1.29, 1.82) is 0 Å². The Labute approximate surface area is 265 Å². The summed E-state index contributed by atoms with van der Waals surface area (Å²) in [4.78, 5) is 26.9. The Hall–Kier alpha value is -4.13. The number of hydrogen-bond donors (Lipinski definition) is 1. The van der Waals surface area contributed by atoms with Crippen molar-refractivity contribution in [3.8, 4) is 11.3 Å². The first-order chi connectivity index (χ1) is 21.7. The van der Waals surface area contributed by atoms with Crippen LogP contribution in [-0.4, -0.2) is 67.4 Å². The molecule has 2 aliphatic heterocycles. The molecule has 2 aliphatic rings. The quantitative estimate of drug-likeness (QED) is 0.290. The topological polar surface area (TPSA) is 98.7 Å². The van der Waals surface area contributed by atoms with Gasteiger partial charge in [0.1, 0.15) is 17.7 Å². The van der Waals surface area contributed by atoms with Crippen LogP contribution in [0.15, 0.2) is 83.8 Å². The summed E-state index contributed by atoms with van der Waals surface area (Å²) >= 11 is 6.27. The predicted octanol–water partition coefficient (Wildman–Crippen LogP) is 4.87. The van der Waals surface area contributed by atoms with Gasteiger partial charge in [-0.05, 0) is 67.4 Å². The van der Waals surface area contributed by atoms with Crippen LogP contribution in [-0.2, 0) is 21.4 Å². The van der Waals surface area contributed by atoms with Crippen molar-refractivity contribution in [2.24, 2.45) is 0 Å². The van der Waals surface area contributed by atoms with E-state index in [-0.39, 0.29) is 23.8 Å². The zero-order chi connectivity index (χ0) is 31.6. The van der Waals surface area contributed by atoms with Crippen LogP contribution >= 0.6 is 11.6 Å². The molecule has 0 radical (unpaired) electrons. The molecule has 1 aromatic heterocycles. The molecule has 0 aliphatic carbocycles. The molecule has 0 unspecified atom stereocenters. The Morgan fingerprint density at radius 3 is 2.36 bits per heavy atom. The third-order valence-corrected chi connectivity index (χ3v) is 10.2. The second kappa shape index (κ2) is 13.1. The molecule has 6 rings (SSSR count). The number of carbonyl (C=O) groups excluding carboxylic acids is 1. The summed E-state index contributed by atoms with van der Waals surface area (Å²) < 4.78 is 55.5. The highest BCUT2D eigenvalue weighted by atomic mass is 35.5. The van der Waals surface area contributed by atoms with Gasteiger partial charge < -0.3 is 15.1 Å². The molecule has 0 spiro atoms. The van der Waals surface area contributed by atoms with E-state index in [0.717, 1.165) is 17.7 Å². The zero-order valence-electron chi connectivity index (χ0n) is 24.2. The number of hydrogen-bond acceptors (Lipinski definition) is 7. The number of carbonyl (C=O) groups is 1. The maximum atomic E-state index is 14.4. The lowest BCUT2D eigenvalue weighted by atomic mass is 10.1. The minimum absolute atomic E-state index is 0.0397. The normalized spacial score (nSPS) is 17.4. The number of halogens is 3. The Morgan fingerprint density at radius 2 is 1.62 bits per heavy atom. The first-order valence-corrected chi connectivity index (χ1v) is 16.4. The molecule has 9 nitrogen and oxygen atoms in total. The van der Waals surface area contributed by atoms with Crippen LogP contribution in [0.5, 0.6) is 0 Å². The van der Waals surface area contributed by atoms with Crippen LogP contribution in [0.3, 0.4) is 0 Å². The average Bonchev–Trinajstić information content (AvgIpc) is 3.56. The molecule has 2 fully saturated rings. The third kappa shape index (κ3) is 6.77. The highest BCUT2D eigenvalue weighted by molar-refractivity contribution is 7.89. The van der Waals surface area contributed by atoms with Crippen molar-refractivity contribution in [3.05, 3.63) is 101 Å². The maximum Gasteiger partial charge on any atom is 0.243 e. The number of anilines is 2. The molecule has 3 aromatic carbocycles. The largest absolute Gasteiger partial charge is 0.366 e.